The van der Waals surface area contributed by atoms with Crippen LogP contribution >= 0.6 is 23.4 Å². The van der Waals surface area contributed by atoms with Crippen molar-refractivity contribution in [3.8, 4) is 11.5 Å². The number of amides is 1. The third-order valence-corrected chi connectivity index (χ3v) is 4.56. The van der Waals surface area contributed by atoms with Gasteiger partial charge in [-0.2, -0.15) is 0 Å². The number of carbonyl (C=O) groups excluding carboxylic acids is 1. The maximum absolute atomic E-state index is 13.1. The van der Waals surface area contributed by atoms with Gasteiger partial charge in [0, 0.05) is 11.3 Å². The average Bonchev–Trinajstić information content (AvgIpc) is 3.07. The van der Waals surface area contributed by atoms with Gasteiger partial charge in [0.05, 0.1) is 10.3 Å². The summed E-state index contributed by atoms with van der Waals surface area (Å²) in [5, 5.41) is 9.95. The summed E-state index contributed by atoms with van der Waals surface area (Å²) in [4.78, 5) is 12.2. The van der Waals surface area contributed by atoms with Gasteiger partial charge in [0.1, 0.15) is 11.6 Å². The highest BCUT2D eigenvalue weighted by Gasteiger charge is 2.19. The minimum atomic E-state index is -0.564. The van der Waals surface area contributed by atoms with E-state index >= 15 is 0 Å². The molecule has 2 aromatic carbocycles. The zero-order valence-electron chi connectivity index (χ0n) is 13.4. The van der Waals surface area contributed by atoms with E-state index in [1.54, 1.807) is 6.92 Å². The van der Waals surface area contributed by atoms with Crippen molar-refractivity contribution in [1.29, 1.82) is 0 Å². The van der Waals surface area contributed by atoms with E-state index < -0.39 is 11.1 Å². The molecule has 0 spiro atoms. The summed E-state index contributed by atoms with van der Waals surface area (Å²) in [6.07, 6.45) is 0. The molecular weight excluding hydrogens is 384 g/mol. The number of anilines is 1. The second kappa shape index (κ2) is 7.84. The van der Waals surface area contributed by atoms with Gasteiger partial charge in [-0.3, -0.25) is 4.79 Å². The first-order valence-electron chi connectivity index (χ1n) is 7.44. The molecular formula is C17H12ClF2N3O2S. The molecule has 26 heavy (non-hydrogen) atoms. The lowest BCUT2D eigenvalue weighted by atomic mass is 10.2. The van der Waals surface area contributed by atoms with Gasteiger partial charge in [-0.15, -0.1) is 10.2 Å². The van der Waals surface area contributed by atoms with Crippen LogP contribution in [0.25, 0.3) is 11.5 Å². The Labute approximate surface area is 156 Å². The van der Waals surface area contributed by atoms with Crippen molar-refractivity contribution >= 4 is 35.0 Å². The number of halogens is 3. The highest BCUT2D eigenvalue weighted by molar-refractivity contribution is 8.00. The van der Waals surface area contributed by atoms with Crippen LogP contribution in [-0.4, -0.2) is 21.4 Å². The molecule has 1 amide bonds. The smallest absolute Gasteiger partial charge is 0.277 e. The largest absolute Gasteiger partial charge is 0.411 e. The second-order valence-corrected chi connectivity index (χ2v) is 6.96. The number of rotatable bonds is 5. The van der Waals surface area contributed by atoms with Crippen LogP contribution in [0.1, 0.15) is 6.92 Å². The fourth-order valence-corrected chi connectivity index (χ4v) is 2.85. The van der Waals surface area contributed by atoms with E-state index in [1.165, 1.54) is 42.5 Å². The van der Waals surface area contributed by atoms with Crippen molar-refractivity contribution in [2.45, 2.75) is 17.4 Å². The van der Waals surface area contributed by atoms with Gasteiger partial charge < -0.3 is 9.73 Å². The van der Waals surface area contributed by atoms with Crippen LogP contribution in [-0.2, 0) is 4.79 Å². The Morgan fingerprint density at radius 3 is 2.62 bits per heavy atom. The highest BCUT2D eigenvalue weighted by atomic mass is 35.5. The third kappa shape index (κ3) is 4.39. The lowest BCUT2D eigenvalue weighted by molar-refractivity contribution is -0.115. The average molecular weight is 396 g/mol. The van der Waals surface area contributed by atoms with Crippen molar-refractivity contribution in [2.24, 2.45) is 0 Å². The quantitative estimate of drug-likeness (QED) is 0.629. The number of nitrogens with one attached hydrogen (secondary N) is 1. The Morgan fingerprint density at radius 2 is 1.92 bits per heavy atom. The van der Waals surface area contributed by atoms with E-state index in [2.05, 4.69) is 15.5 Å². The molecule has 1 aromatic heterocycles. The van der Waals surface area contributed by atoms with Crippen molar-refractivity contribution in [3.05, 3.63) is 59.1 Å². The summed E-state index contributed by atoms with van der Waals surface area (Å²) in [6, 6.07) is 9.52. The molecule has 0 fully saturated rings. The van der Waals surface area contributed by atoms with Gasteiger partial charge in [-0.25, -0.2) is 8.78 Å². The van der Waals surface area contributed by atoms with Crippen LogP contribution in [0.15, 0.2) is 52.1 Å². The summed E-state index contributed by atoms with van der Waals surface area (Å²) in [5.74, 6) is -1.04. The predicted octanol–water partition coefficient (Wildman–Crippen LogP) is 4.79. The molecule has 1 atom stereocenters. The van der Waals surface area contributed by atoms with Gasteiger partial charge in [0.2, 0.25) is 11.8 Å². The Bertz CT molecular complexity index is 934. The summed E-state index contributed by atoms with van der Waals surface area (Å²) >= 11 is 6.75. The highest BCUT2D eigenvalue weighted by Crippen LogP contribution is 2.27. The molecule has 9 heteroatoms. The molecule has 0 bridgehead atoms. The number of thioether (sulfide) groups is 1. The monoisotopic (exact) mass is 395 g/mol. The number of hydrogen-bond acceptors (Lipinski definition) is 5. The minimum absolute atomic E-state index is 0.0797. The molecule has 0 aliphatic carbocycles. The van der Waals surface area contributed by atoms with Crippen molar-refractivity contribution in [3.63, 3.8) is 0 Å². The van der Waals surface area contributed by atoms with Crippen LogP contribution in [0.4, 0.5) is 14.5 Å². The molecule has 0 unspecified atom stereocenters. The van der Waals surface area contributed by atoms with Gasteiger partial charge >= 0.3 is 0 Å². The molecule has 1 heterocycles. The molecule has 0 saturated heterocycles. The van der Waals surface area contributed by atoms with Crippen LogP contribution in [0, 0.1) is 11.6 Å². The first-order chi connectivity index (χ1) is 12.4. The normalized spacial score (nSPS) is 12.0. The first kappa shape index (κ1) is 18.3. The minimum Gasteiger partial charge on any atom is -0.411 e. The van der Waals surface area contributed by atoms with E-state index in [4.69, 9.17) is 16.0 Å². The number of hydrogen-bond donors (Lipinski definition) is 1. The first-order valence-corrected chi connectivity index (χ1v) is 8.70. The molecule has 3 aromatic rings. The SMILES string of the molecule is C[C@@H](Sc1nnc(-c2ccc(F)cc2)o1)C(=O)Nc1ccc(F)c(Cl)c1. The molecule has 5 nitrogen and oxygen atoms in total. The molecule has 0 saturated carbocycles. The van der Waals surface area contributed by atoms with E-state index in [1.807, 2.05) is 0 Å². The van der Waals surface area contributed by atoms with Crippen molar-refractivity contribution in [1.82, 2.24) is 10.2 Å². The number of carbonyl (C=O) groups is 1. The zero-order valence-corrected chi connectivity index (χ0v) is 14.9. The lowest BCUT2D eigenvalue weighted by Crippen LogP contribution is -2.22. The zero-order chi connectivity index (χ0) is 18.7. The Morgan fingerprint density at radius 1 is 1.19 bits per heavy atom. The Kier molecular flexibility index (Phi) is 5.53. The summed E-state index contributed by atoms with van der Waals surface area (Å²) < 4.78 is 31.6. The van der Waals surface area contributed by atoms with Gasteiger partial charge in [-0.1, -0.05) is 23.4 Å². The molecule has 0 aliphatic heterocycles. The number of aromatic nitrogens is 2. The fraction of sp³-hybridized carbons (Fsp3) is 0.118. The number of nitrogens with zero attached hydrogens (tertiary/aromatic N) is 2. The number of benzene rings is 2. The summed E-state index contributed by atoms with van der Waals surface area (Å²) in [5.41, 5.74) is 0.954. The van der Waals surface area contributed by atoms with Crippen LogP contribution in [0.2, 0.25) is 5.02 Å². The van der Waals surface area contributed by atoms with Gasteiger partial charge in [-0.05, 0) is 49.4 Å². The Balaban J connectivity index is 1.64. The molecule has 0 radical (unpaired) electrons. The van der Waals surface area contributed by atoms with Gasteiger partial charge in [0.15, 0.2) is 0 Å². The topological polar surface area (TPSA) is 68.0 Å². The van der Waals surface area contributed by atoms with Crippen LogP contribution in [0.5, 0.6) is 0 Å². The third-order valence-electron chi connectivity index (χ3n) is 3.33. The van der Waals surface area contributed by atoms with E-state index in [0.29, 0.717) is 11.3 Å². The van der Waals surface area contributed by atoms with E-state index in [-0.39, 0.29) is 27.9 Å². The summed E-state index contributed by atoms with van der Waals surface area (Å²) in [7, 11) is 0. The van der Waals surface area contributed by atoms with Crippen LogP contribution in [0.3, 0.4) is 0 Å². The standard InChI is InChI=1S/C17H12ClF2N3O2S/c1-9(15(24)21-12-6-7-14(20)13(18)8-12)26-17-23-22-16(25-17)10-2-4-11(19)5-3-10/h2-9H,1H3,(H,21,24)/t9-/m1/s1. The lowest BCUT2D eigenvalue weighted by Gasteiger charge is -2.10. The maximum atomic E-state index is 13.1. The second-order valence-electron chi connectivity index (χ2n) is 5.26. The van der Waals surface area contributed by atoms with Crippen molar-refractivity contribution < 1.29 is 18.0 Å². The van der Waals surface area contributed by atoms with Crippen LogP contribution < -0.4 is 5.32 Å². The van der Waals surface area contributed by atoms with E-state index in [0.717, 1.165) is 11.8 Å². The molecule has 134 valence electrons. The molecule has 1 N–H and O–H groups in total. The maximum Gasteiger partial charge on any atom is 0.277 e. The molecule has 3 rings (SSSR count). The van der Waals surface area contributed by atoms with E-state index in [9.17, 15) is 13.6 Å². The Hall–Kier alpha value is -2.45. The molecule has 0 aliphatic rings. The predicted molar refractivity (Wildman–Crippen MR) is 95.1 cm³/mol. The fourth-order valence-electron chi connectivity index (χ4n) is 1.99. The van der Waals surface area contributed by atoms with Crippen molar-refractivity contribution in [2.75, 3.05) is 5.32 Å². The van der Waals surface area contributed by atoms with Gasteiger partial charge in [0.25, 0.3) is 5.22 Å². The summed E-state index contributed by atoms with van der Waals surface area (Å²) in [6.45, 7) is 1.66.